The van der Waals surface area contributed by atoms with Gasteiger partial charge in [0.1, 0.15) is 0 Å². The molecule has 4 heteroatoms. The van der Waals surface area contributed by atoms with E-state index in [9.17, 15) is 0 Å². The van der Waals surface area contributed by atoms with Gasteiger partial charge in [0, 0.05) is 26.3 Å². The van der Waals surface area contributed by atoms with Crippen LogP contribution in [0, 0.1) is 0 Å². The molecule has 0 spiro atoms. The molecule has 0 amide bonds. The molecule has 0 bridgehead atoms. The van der Waals surface area contributed by atoms with Gasteiger partial charge in [-0.3, -0.25) is 4.68 Å². The molecule has 0 saturated heterocycles. The van der Waals surface area contributed by atoms with Crippen LogP contribution in [0.3, 0.4) is 0 Å². The highest BCUT2D eigenvalue weighted by Crippen LogP contribution is 2.14. The summed E-state index contributed by atoms with van der Waals surface area (Å²) >= 11 is 0. The molecule has 0 fully saturated rings. The molecule has 0 radical (unpaired) electrons. The molecule has 1 aromatic heterocycles. The van der Waals surface area contributed by atoms with Crippen LogP contribution in [0.2, 0.25) is 0 Å². The van der Waals surface area contributed by atoms with E-state index in [1.165, 1.54) is 0 Å². The SMILES string of the molecule is CCC(CC)n1ccc(CC=CCCNCCOC)n1. The maximum absolute atomic E-state index is 4.98. The van der Waals surface area contributed by atoms with Gasteiger partial charge in [-0.15, -0.1) is 0 Å². The number of hydrogen-bond donors (Lipinski definition) is 1. The Balaban J connectivity index is 2.21. The lowest BCUT2D eigenvalue weighted by molar-refractivity contribution is 0.199. The van der Waals surface area contributed by atoms with E-state index in [-0.39, 0.29) is 0 Å². The Morgan fingerprint density at radius 2 is 2.10 bits per heavy atom. The lowest BCUT2D eigenvalue weighted by atomic mass is 10.2. The summed E-state index contributed by atoms with van der Waals surface area (Å²) in [6.07, 6.45) is 10.8. The molecule has 1 N–H and O–H groups in total. The summed E-state index contributed by atoms with van der Waals surface area (Å²) in [5.74, 6) is 0. The number of hydrogen-bond acceptors (Lipinski definition) is 3. The minimum Gasteiger partial charge on any atom is -0.383 e. The van der Waals surface area contributed by atoms with Crippen LogP contribution in [0.1, 0.15) is 44.8 Å². The van der Waals surface area contributed by atoms with Crippen LogP contribution in [-0.2, 0) is 11.2 Å². The monoisotopic (exact) mass is 279 g/mol. The van der Waals surface area contributed by atoms with Crippen molar-refractivity contribution < 1.29 is 4.74 Å². The Bertz CT molecular complexity index is 370. The third-order valence-electron chi connectivity index (χ3n) is 3.44. The van der Waals surface area contributed by atoms with Crippen LogP contribution in [-0.4, -0.2) is 36.6 Å². The van der Waals surface area contributed by atoms with Crippen molar-refractivity contribution in [3.05, 3.63) is 30.1 Å². The van der Waals surface area contributed by atoms with Crippen molar-refractivity contribution in [3.63, 3.8) is 0 Å². The van der Waals surface area contributed by atoms with Gasteiger partial charge in [0.15, 0.2) is 0 Å². The molecular formula is C16H29N3O. The van der Waals surface area contributed by atoms with E-state index in [4.69, 9.17) is 4.74 Å². The molecule has 1 heterocycles. The van der Waals surface area contributed by atoms with Crippen molar-refractivity contribution in [1.29, 1.82) is 0 Å². The van der Waals surface area contributed by atoms with Gasteiger partial charge in [-0.1, -0.05) is 26.0 Å². The Morgan fingerprint density at radius 3 is 2.80 bits per heavy atom. The first-order valence-electron chi connectivity index (χ1n) is 7.70. The number of nitrogens with one attached hydrogen (secondary N) is 1. The van der Waals surface area contributed by atoms with Crippen LogP contribution in [0.15, 0.2) is 24.4 Å². The summed E-state index contributed by atoms with van der Waals surface area (Å²) < 4.78 is 7.08. The van der Waals surface area contributed by atoms with Crippen LogP contribution in [0.4, 0.5) is 0 Å². The van der Waals surface area contributed by atoms with Gasteiger partial charge < -0.3 is 10.1 Å². The predicted molar refractivity (Wildman–Crippen MR) is 84.1 cm³/mol. The number of rotatable bonds is 11. The van der Waals surface area contributed by atoms with Gasteiger partial charge in [0.25, 0.3) is 0 Å². The minimum absolute atomic E-state index is 0.540. The Hall–Kier alpha value is -1.13. The van der Waals surface area contributed by atoms with Gasteiger partial charge in [-0.05, 0) is 31.9 Å². The molecule has 20 heavy (non-hydrogen) atoms. The van der Waals surface area contributed by atoms with Crippen molar-refractivity contribution in [2.75, 3.05) is 26.8 Å². The molecule has 0 aromatic carbocycles. The molecule has 114 valence electrons. The fourth-order valence-electron chi connectivity index (χ4n) is 2.16. The second-order valence-electron chi connectivity index (χ2n) is 4.96. The topological polar surface area (TPSA) is 39.1 Å². The van der Waals surface area contributed by atoms with Crippen LogP contribution < -0.4 is 5.32 Å². The van der Waals surface area contributed by atoms with Crippen molar-refractivity contribution in [2.45, 2.75) is 45.6 Å². The maximum Gasteiger partial charge on any atom is 0.0662 e. The molecule has 1 aromatic rings. The summed E-state index contributed by atoms with van der Waals surface area (Å²) in [7, 11) is 1.72. The van der Waals surface area contributed by atoms with Gasteiger partial charge in [0.2, 0.25) is 0 Å². The van der Waals surface area contributed by atoms with Gasteiger partial charge in [-0.2, -0.15) is 5.10 Å². The zero-order chi connectivity index (χ0) is 14.6. The minimum atomic E-state index is 0.540. The van der Waals surface area contributed by atoms with Crippen molar-refractivity contribution >= 4 is 0 Å². The maximum atomic E-state index is 4.98. The summed E-state index contributed by atoms with van der Waals surface area (Å²) in [6, 6.07) is 2.66. The summed E-state index contributed by atoms with van der Waals surface area (Å²) in [5.41, 5.74) is 1.15. The summed E-state index contributed by atoms with van der Waals surface area (Å²) in [6.45, 7) is 7.13. The Labute approximate surface area is 123 Å². The van der Waals surface area contributed by atoms with Crippen LogP contribution >= 0.6 is 0 Å². The van der Waals surface area contributed by atoms with Crippen molar-refractivity contribution in [2.24, 2.45) is 0 Å². The smallest absolute Gasteiger partial charge is 0.0662 e. The average Bonchev–Trinajstić information content (AvgIpc) is 2.92. The number of methoxy groups -OCH3 is 1. The average molecular weight is 279 g/mol. The number of ether oxygens (including phenoxy) is 1. The first kappa shape index (κ1) is 16.9. The zero-order valence-corrected chi connectivity index (χ0v) is 13.1. The lowest BCUT2D eigenvalue weighted by Gasteiger charge is -2.12. The highest BCUT2D eigenvalue weighted by atomic mass is 16.5. The van der Waals surface area contributed by atoms with Gasteiger partial charge in [-0.25, -0.2) is 0 Å². The van der Waals surface area contributed by atoms with E-state index in [2.05, 4.69) is 53.4 Å². The van der Waals surface area contributed by atoms with Gasteiger partial charge >= 0.3 is 0 Å². The fourth-order valence-corrected chi connectivity index (χ4v) is 2.16. The largest absolute Gasteiger partial charge is 0.383 e. The molecule has 1 rings (SSSR count). The molecule has 4 nitrogen and oxygen atoms in total. The quantitative estimate of drug-likeness (QED) is 0.500. The van der Waals surface area contributed by atoms with Gasteiger partial charge in [0.05, 0.1) is 18.3 Å². The van der Waals surface area contributed by atoms with E-state index < -0.39 is 0 Å². The molecule has 0 atom stereocenters. The fraction of sp³-hybridized carbons (Fsp3) is 0.688. The van der Waals surface area contributed by atoms with E-state index in [1.54, 1.807) is 7.11 Å². The molecule has 0 saturated carbocycles. The molecule has 0 aliphatic rings. The predicted octanol–water partition coefficient (Wildman–Crippen LogP) is 2.97. The lowest BCUT2D eigenvalue weighted by Crippen LogP contribution is -2.19. The number of nitrogens with zero attached hydrogens (tertiary/aromatic N) is 2. The normalized spacial score (nSPS) is 11.8. The standard InChI is InChI=1S/C16H29N3O/c1-4-16(5-2)19-13-10-15(18-19)9-7-6-8-11-17-12-14-20-3/h6-7,10,13,16-17H,4-5,8-9,11-12,14H2,1-3H3. The highest BCUT2D eigenvalue weighted by molar-refractivity contribution is 5.05. The Morgan fingerprint density at radius 1 is 1.30 bits per heavy atom. The summed E-state index contributed by atoms with van der Waals surface area (Å²) in [4.78, 5) is 0. The van der Waals surface area contributed by atoms with Crippen molar-refractivity contribution in [1.82, 2.24) is 15.1 Å². The molecule has 0 aliphatic carbocycles. The summed E-state index contributed by atoms with van der Waals surface area (Å²) in [5, 5.41) is 7.97. The second kappa shape index (κ2) is 10.6. The molecule has 0 aliphatic heterocycles. The molecule has 0 unspecified atom stereocenters. The number of aromatic nitrogens is 2. The highest BCUT2D eigenvalue weighted by Gasteiger charge is 2.06. The first-order chi connectivity index (χ1) is 9.81. The van der Waals surface area contributed by atoms with E-state index in [0.29, 0.717) is 6.04 Å². The van der Waals surface area contributed by atoms with E-state index in [1.807, 2.05) is 0 Å². The van der Waals surface area contributed by atoms with E-state index >= 15 is 0 Å². The zero-order valence-electron chi connectivity index (χ0n) is 13.1. The first-order valence-corrected chi connectivity index (χ1v) is 7.70. The second-order valence-corrected chi connectivity index (χ2v) is 4.96. The van der Waals surface area contributed by atoms with Crippen molar-refractivity contribution in [3.8, 4) is 0 Å². The van der Waals surface area contributed by atoms with Crippen LogP contribution in [0.25, 0.3) is 0 Å². The van der Waals surface area contributed by atoms with Crippen LogP contribution in [0.5, 0.6) is 0 Å². The third-order valence-corrected chi connectivity index (χ3v) is 3.44. The Kier molecular flexibility index (Phi) is 9.00. The molecular weight excluding hydrogens is 250 g/mol. The number of allylic oxidation sites excluding steroid dienone is 1. The third kappa shape index (κ3) is 6.35. The van der Waals surface area contributed by atoms with E-state index in [0.717, 1.165) is 51.1 Å².